The molecule has 0 bridgehead atoms. The van der Waals surface area contributed by atoms with Gasteiger partial charge in [0.2, 0.25) is 0 Å². The molecular formula is C12H12OS. The van der Waals surface area contributed by atoms with Gasteiger partial charge in [-0.2, -0.15) is 0 Å². The minimum atomic E-state index is 0.811. The van der Waals surface area contributed by atoms with Crippen LogP contribution in [-0.4, -0.2) is 6.29 Å². The highest BCUT2D eigenvalue weighted by Gasteiger charge is 2.05. The molecule has 0 N–H and O–H groups in total. The Balaban J connectivity index is 2.76. The highest BCUT2D eigenvalue weighted by molar-refractivity contribution is 7.17. The van der Waals surface area contributed by atoms with Gasteiger partial charge in [0.05, 0.1) is 0 Å². The molecule has 0 fully saturated rings. The van der Waals surface area contributed by atoms with Gasteiger partial charge in [0.1, 0.15) is 6.29 Å². The summed E-state index contributed by atoms with van der Waals surface area (Å²) in [5, 5.41) is 3.42. The van der Waals surface area contributed by atoms with Crippen molar-refractivity contribution in [1.29, 1.82) is 0 Å². The van der Waals surface area contributed by atoms with E-state index in [1.54, 1.807) is 11.3 Å². The molecule has 0 radical (unpaired) electrons. The van der Waals surface area contributed by atoms with E-state index in [0.29, 0.717) is 0 Å². The van der Waals surface area contributed by atoms with Crippen LogP contribution >= 0.6 is 11.3 Å². The third-order valence-electron chi connectivity index (χ3n) is 2.55. The highest BCUT2D eigenvalue weighted by atomic mass is 32.1. The molecule has 0 aliphatic carbocycles. The van der Waals surface area contributed by atoms with Gasteiger partial charge in [0, 0.05) is 10.3 Å². The largest absolute Gasteiger partial charge is 0.298 e. The molecule has 0 aliphatic rings. The van der Waals surface area contributed by atoms with Gasteiger partial charge >= 0.3 is 0 Å². The van der Waals surface area contributed by atoms with E-state index in [2.05, 4.69) is 18.4 Å². The first-order valence-corrected chi connectivity index (χ1v) is 5.60. The number of hydrogen-bond donors (Lipinski definition) is 0. The van der Waals surface area contributed by atoms with E-state index in [1.165, 1.54) is 15.6 Å². The van der Waals surface area contributed by atoms with E-state index >= 15 is 0 Å². The zero-order chi connectivity index (χ0) is 10.1. The molecule has 2 aromatic rings. The number of carbonyl (C=O) groups is 1. The van der Waals surface area contributed by atoms with Crippen molar-refractivity contribution in [2.45, 2.75) is 20.3 Å². The second-order valence-corrected chi connectivity index (χ2v) is 4.35. The van der Waals surface area contributed by atoms with E-state index in [9.17, 15) is 4.79 Å². The minimum Gasteiger partial charge on any atom is -0.298 e. The van der Waals surface area contributed by atoms with Crippen molar-refractivity contribution < 1.29 is 4.79 Å². The summed E-state index contributed by atoms with van der Waals surface area (Å²) in [5.74, 6) is 0. The van der Waals surface area contributed by atoms with E-state index < -0.39 is 0 Å². The summed E-state index contributed by atoms with van der Waals surface area (Å²) in [6.45, 7) is 4.12. The van der Waals surface area contributed by atoms with Crippen LogP contribution in [0.25, 0.3) is 10.1 Å². The van der Waals surface area contributed by atoms with Crippen molar-refractivity contribution in [3.63, 3.8) is 0 Å². The van der Waals surface area contributed by atoms with Crippen LogP contribution in [0.5, 0.6) is 0 Å². The maximum absolute atomic E-state index is 10.8. The monoisotopic (exact) mass is 204 g/mol. The lowest BCUT2D eigenvalue weighted by Crippen LogP contribution is -1.86. The number of aryl methyl sites for hydroxylation is 2. The van der Waals surface area contributed by atoms with Crippen molar-refractivity contribution in [2.24, 2.45) is 0 Å². The summed E-state index contributed by atoms with van der Waals surface area (Å²) in [5.41, 5.74) is 3.22. The van der Waals surface area contributed by atoms with Gasteiger partial charge < -0.3 is 0 Å². The normalized spacial score (nSPS) is 10.7. The van der Waals surface area contributed by atoms with Gasteiger partial charge in [-0.3, -0.25) is 4.79 Å². The first-order chi connectivity index (χ1) is 6.76. The smallest absolute Gasteiger partial charge is 0.150 e. The van der Waals surface area contributed by atoms with Crippen molar-refractivity contribution in [1.82, 2.24) is 0 Å². The Labute approximate surface area is 87.4 Å². The summed E-state index contributed by atoms with van der Waals surface area (Å²) in [6, 6.07) is 4.11. The lowest BCUT2D eigenvalue weighted by Gasteiger charge is -1.99. The lowest BCUT2D eigenvalue weighted by atomic mass is 10.0. The quantitative estimate of drug-likeness (QED) is 0.683. The zero-order valence-electron chi connectivity index (χ0n) is 8.33. The molecule has 0 aliphatic heterocycles. The third kappa shape index (κ3) is 1.36. The number of fused-ring (bicyclic) bond motifs is 1. The van der Waals surface area contributed by atoms with Gasteiger partial charge in [-0.15, -0.1) is 11.3 Å². The molecule has 0 saturated carbocycles. The molecule has 2 rings (SSSR count). The Morgan fingerprint density at radius 2 is 2.21 bits per heavy atom. The predicted molar refractivity (Wildman–Crippen MR) is 61.3 cm³/mol. The molecule has 0 unspecified atom stereocenters. The van der Waals surface area contributed by atoms with Crippen molar-refractivity contribution in [3.8, 4) is 0 Å². The fourth-order valence-corrected chi connectivity index (χ4v) is 2.77. The second kappa shape index (κ2) is 3.54. The van der Waals surface area contributed by atoms with Crippen molar-refractivity contribution in [2.75, 3.05) is 0 Å². The van der Waals surface area contributed by atoms with Gasteiger partial charge in [0.25, 0.3) is 0 Å². The highest BCUT2D eigenvalue weighted by Crippen LogP contribution is 2.28. The standard InChI is InChI=1S/C12H12OS/c1-3-9-7-14-12-4-8(2)10(6-13)5-11(9)12/h4-7H,3H2,1-2H3. The average Bonchev–Trinajstić information content (AvgIpc) is 2.58. The molecule has 0 amide bonds. The number of rotatable bonds is 2. The maximum Gasteiger partial charge on any atom is 0.150 e. The van der Waals surface area contributed by atoms with Gasteiger partial charge in [-0.1, -0.05) is 6.92 Å². The summed E-state index contributed by atoms with van der Waals surface area (Å²) in [7, 11) is 0. The van der Waals surface area contributed by atoms with E-state index in [1.807, 2.05) is 13.0 Å². The van der Waals surface area contributed by atoms with Crippen LogP contribution in [-0.2, 0) is 6.42 Å². The number of thiophene rings is 1. The van der Waals surface area contributed by atoms with Crippen LogP contribution < -0.4 is 0 Å². The van der Waals surface area contributed by atoms with Crippen LogP contribution in [0.15, 0.2) is 17.5 Å². The van der Waals surface area contributed by atoms with E-state index in [4.69, 9.17) is 0 Å². The van der Waals surface area contributed by atoms with Gasteiger partial charge in [-0.25, -0.2) is 0 Å². The molecule has 14 heavy (non-hydrogen) atoms. The predicted octanol–water partition coefficient (Wildman–Crippen LogP) is 3.58. The molecule has 1 aromatic carbocycles. The molecule has 72 valence electrons. The Hall–Kier alpha value is -1.15. The first kappa shape index (κ1) is 9.41. The van der Waals surface area contributed by atoms with Gasteiger partial charge in [-0.05, 0) is 47.4 Å². The molecular weight excluding hydrogens is 192 g/mol. The van der Waals surface area contributed by atoms with Crippen LogP contribution in [0, 0.1) is 6.92 Å². The lowest BCUT2D eigenvalue weighted by molar-refractivity contribution is 0.112. The first-order valence-electron chi connectivity index (χ1n) is 4.72. The molecule has 0 spiro atoms. The van der Waals surface area contributed by atoms with Crippen LogP contribution in [0.3, 0.4) is 0 Å². The molecule has 0 atom stereocenters. The fraction of sp³-hybridized carbons (Fsp3) is 0.250. The number of hydrogen-bond acceptors (Lipinski definition) is 2. The Morgan fingerprint density at radius 3 is 2.86 bits per heavy atom. The number of carbonyl (C=O) groups excluding carboxylic acids is 1. The summed E-state index contributed by atoms with van der Waals surface area (Å²) >= 11 is 1.76. The van der Waals surface area contributed by atoms with Crippen LogP contribution in [0.2, 0.25) is 0 Å². The SMILES string of the molecule is CCc1csc2cc(C)c(C=O)cc12. The second-order valence-electron chi connectivity index (χ2n) is 3.44. The Bertz CT molecular complexity index is 482. The number of benzene rings is 1. The van der Waals surface area contributed by atoms with Crippen LogP contribution in [0.4, 0.5) is 0 Å². The molecule has 1 aromatic heterocycles. The zero-order valence-corrected chi connectivity index (χ0v) is 9.15. The van der Waals surface area contributed by atoms with E-state index in [0.717, 1.165) is 23.8 Å². The summed E-state index contributed by atoms with van der Waals surface area (Å²) in [6.07, 6.45) is 1.97. The molecule has 1 nitrogen and oxygen atoms in total. The van der Waals surface area contributed by atoms with Crippen LogP contribution in [0.1, 0.15) is 28.4 Å². The fourth-order valence-electron chi connectivity index (χ4n) is 1.65. The molecule has 2 heteroatoms. The topological polar surface area (TPSA) is 17.1 Å². The maximum atomic E-state index is 10.8. The van der Waals surface area contributed by atoms with Gasteiger partial charge in [0.15, 0.2) is 0 Å². The minimum absolute atomic E-state index is 0.811. The van der Waals surface area contributed by atoms with E-state index in [-0.39, 0.29) is 0 Å². The molecule has 1 heterocycles. The summed E-state index contributed by atoms with van der Waals surface area (Å²) in [4.78, 5) is 10.8. The third-order valence-corrected chi connectivity index (χ3v) is 3.54. The molecule has 0 saturated heterocycles. The Kier molecular flexibility index (Phi) is 2.38. The summed E-state index contributed by atoms with van der Waals surface area (Å²) < 4.78 is 1.28. The average molecular weight is 204 g/mol. The number of aldehydes is 1. The van der Waals surface area contributed by atoms with Crippen molar-refractivity contribution >= 4 is 27.7 Å². The van der Waals surface area contributed by atoms with Crippen molar-refractivity contribution in [3.05, 3.63) is 34.2 Å². The Morgan fingerprint density at radius 1 is 1.43 bits per heavy atom.